The van der Waals surface area contributed by atoms with Crippen LogP contribution in [-0.4, -0.2) is 24.7 Å². The van der Waals surface area contributed by atoms with Gasteiger partial charge >= 0.3 is 17.1 Å². The summed E-state index contributed by atoms with van der Waals surface area (Å²) in [4.78, 5) is 17.3. The smallest absolute Gasteiger partial charge is 0.530 e. The molecule has 0 aliphatic rings. The summed E-state index contributed by atoms with van der Waals surface area (Å²) in [7, 11) is 3.55. The zero-order valence-electron chi connectivity index (χ0n) is 6.91. The fourth-order valence-corrected chi connectivity index (χ4v) is 0. The quantitative estimate of drug-likeness (QED) is 0.429. The summed E-state index contributed by atoms with van der Waals surface area (Å²) in [6, 6.07) is 0. The monoisotopic (exact) mass is 277 g/mol. The summed E-state index contributed by atoms with van der Waals surface area (Å²) < 4.78 is 0. The predicted molar refractivity (Wildman–Crippen MR) is 46.2 cm³/mol. The zero-order valence-corrected chi connectivity index (χ0v) is 9.48. The van der Waals surface area contributed by atoms with Crippen LogP contribution < -0.4 is 21.7 Å². The number of amides is 2. The third-order valence-corrected chi connectivity index (χ3v) is 1.50. The van der Waals surface area contributed by atoms with Crippen LogP contribution in [0.1, 0.15) is 0 Å². The van der Waals surface area contributed by atoms with Gasteiger partial charge in [0.2, 0.25) is 0 Å². The van der Waals surface area contributed by atoms with Crippen molar-refractivity contribution in [3.8, 4) is 0 Å². The molecule has 0 aromatic carbocycles. The van der Waals surface area contributed by atoms with Crippen LogP contribution in [0.25, 0.3) is 0 Å². The predicted octanol–water partition coefficient (Wildman–Crippen LogP) is -1.80. The molecule has 1 radical (unpaired) electrons. The number of nitrogens with two attached hydrogens (primary N) is 2. The summed E-state index contributed by atoms with van der Waals surface area (Å²) in [6.07, 6.45) is 0.954. The molecule has 9 heteroatoms. The number of carbonyl (C=O) groups is 2. The topological polar surface area (TPSA) is 132 Å². The molecule has 13 heavy (non-hydrogen) atoms. The third-order valence-electron chi connectivity index (χ3n) is 0.167. The molecule has 0 spiro atoms. The molecule has 0 bridgehead atoms. The van der Waals surface area contributed by atoms with E-state index in [0.29, 0.717) is 0 Å². The fourth-order valence-electron chi connectivity index (χ4n) is 0. The van der Waals surface area contributed by atoms with Crippen molar-refractivity contribution in [1.82, 2.24) is 0 Å². The number of hydrogen-bond acceptors (Lipinski definition) is 6. The molecule has 0 atom stereocenters. The molecule has 83 valence electrons. The van der Waals surface area contributed by atoms with Gasteiger partial charge in [0.1, 0.15) is 12.2 Å². The van der Waals surface area contributed by atoms with Gasteiger partial charge in [-0.2, -0.15) is 0 Å². The van der Waals surface area contributed by atoms with Crippen LogP contribution in [-0.2, 0) is 17.1 Å². The second-order valence-corrected chi connectivity index (χ2v) is 3.64. The Morgan fingerprint density at radius 3 is 1.08 bits per heavy atom. The standard InChI is InChI=1S/C2H6S2.2CH3NO2.Cu/c1-3-4-2;2*2-1(3)4;/h1-2H3;2*2H2,(H,3,4);/q;;;+2/p-2. The first-order chi connectivity index (χ1) is 5.38. The third kappa shape index (κ3) is 1940. The van der Waals surface area contributed by atoms with Crippen LogP contribution in [0.5, 0.6) is 0 Å². The van der Waals surface area contributed by atoms with E-state index in [1.165, 1.54) is 0 Å². The Morgan fingerprint density at radius 1 is 1.00 bits per heavy atom. The first-order valence-electron chi connectivity index (χ1n) is 2.38. The number of carbonyl (C=O) groups excluding carboxylic acids is 2. The van der Waals surface area contributed by atoms with Crippen LogP contribution in [0.15, 0.2) is 0 Å². The van der Waals surface area contributed by atoms with Crippen molar-refractivity contribution in [3.05, 3.63) is 0 Å². The van der Waals surface area contributed by atoms with Gasteiger partial charge in [0.25, 0.3) is 0 Å². The van der Waals surface area contributed by atoms with Crippen LogP contribution in [0.3, 0.4) is 0 Å². The maximum absolute atomic E-state index is 8.67. The Bertz CT molecular complexity index is 105. The van der Waals surface area contributed by atoms with Gasteiger partial charge in [0.15, 0.2) is 0 Å². The van der Waals surface area contributed by atoms with Crippen molar-refractivity contribution in [2.45, 2.75) is 0 Å². The van der Waals surface area contributed by atoms with E-state index in [4.69, 9.17) is 19.8 Å². The Morgan fingerprint density at radius 2 is 1.08 bits per heavy atom. The summed E-state index contributed by atoms with van der Waals surface area (Å²) in [5, 5.41) is 17.3. The molecule has 0 heterocycles. The second-order valence-electron chi connectivity index (χ2n) is 0.971. The molecular weight excluding hydrogens is 268 g/mol. The maximum atomic E-state index is 8.67. The molecule has 0 aliphatic heterocycles. The van der Waals surface area contributed by atoms with Crippen LogP contribution in [0.2, 0.25) is 0 Å². The normalized spacial score (nSPS) is 6.00. The Hall–Kier alpha value is -0.241. The van der Waals surface area contributed by atoms with E-state index >= 15 is 0 Å². The number of primary amides is 2. The van der Waals surface area contributed by atoms with Crippen LogP contribution in [0.4, 0.5) is 9.59 Å². The van der Waals surface area contributed by atoms with E-state index in [0.717, 1.165) is 0 Å². The van der Waals surface area contributed by atoms with E-state index in [1.807, 2.05) is 0 Å². The minimum absolute atomic E-state index is 0. The molecule has 0 saturated carbocycles. The second kappa shape index (κ2) is 22.6. The average Bonchev–Trinajstić information content (AvgIpc) is 1.85. The molecule has 0 saturated heterocycles. The summed E-state index contributed by atoms with van der Waals surface area (Å²) in [5.74, 6) is 0. The van der Waals surface area contributed by atoms with E-state index in [9.17, 15) is 0 Å². The van der Waals surface area contributed by atoms with E-state index in [2.05, 4.69) is 24.0 Å². The van der Waals surface area contributed by atoms with Crippen molar-refractivity contribution >= 4 is 33.8 Å². The average molecular weight is 278 g/mol. The Kier molecular flexibility index (Phi) is 40.0. The first-order valence-corrected chi connectivity index (χ1v) is 5.34. The minimum Gasteiger partial charge on any atom is -0.530 e. The Labute approximate surface area is 94.7 Å². The SMILES string of the molecule is CSSC.NC(=O)[O-].NC(=O)[O-].[Cu+2]. The Balaban J connectivity index is -0.0000000450. The van der Waals surface area contributed by atoms with Gasteiger partial charge in [-0.25, -0.2) is 0 Å². The van der Waals surface area contributed by atoms with Gasteiger partial charge in [-0.15, -0.1) is 0 Å². The molecule has 6 nitrogen and oxygen atoms in total. The van der Waals surface area contributed by atoms with Crippen molar-refractivity contribution in [1.29, 1.82) is 0 Å². The van der Waals surface area contributed by atoms with Crippen molar-refractivity contribution in [2.24, 2.45) is 11.5 Å². The van der Waals surface area contributed by atoms with Gasteiger partial charge < -0.3 is 31.3 Å². The summed E-state index contributed by atoms with van der Waals surface area (Å²) in [5.41, 5.74) is 7.83. The largest absolute Gasteiger partial charge is 2.00 e. The molecule has 4 N–H and O–H groups in total. The number of carboxylic acid groups (broad SMARTS) is 2. The summed E-state index contributed by atoms with van der Waals surface area (Å²) >= 11 is 0. The van der Waals surface area contributed by atoms with E-state index < -0.39 is 12.2 Å². The molecule has 0 fully saturated rings. The van der Waals surface area contributed by atoms with Gasteiger partial charge in [0.05, 0.1) is 0 Å². The zero-order chi connectivity index (χ0) is 10.6. The maximum Gasteiger partial charge on any atom is 2.00 e. The van der Waals surface area contributed by atoms with Crippen molar-refractivity contribution < 1.29 is 36.9 Å². The summed E-state index contributed by atoms with van der Waals surface area (Å²) in [6.45, 7) is 0. The molecule has 0 aromatic rings. The van der Waals surface area contributed by atoms with Crippen LogP contribution >= 0.6 is 21.6 Å². The van der Waals surface area contributed by atoms with Gasteiger partial charge in [-0.3, -0.25) is 0 Å². The van der Waals surface area contributed by atoms with E-state index in [1.54, 1.807) is 21.6 Å². The number of hydrogen-bond donors (Lipinski definition) is 2. The molecule has 0 aromatic heterocycles. The first kappa shape index (κ1) is 23.0. The molecule has 0 unspecified atom stereocenters. The molecule has 0 rings (SSSR count). The minimum atomic E-state index is -1.58. The van der Waals surface area contributed by atoms with Crippen molar-refractivity contribution in [3.63, 3.8) is 0 Å². The van der Waals surface area contributed by atoms with E-state index in [-0.39, 0.29) is 17.1 Å². The van der Waals surface area contributed by atoms with Gasteiger partial charge in [-0.1, -0.05) is 21.6 Å². The van der Waals surface area contributed by atoms with Crippen LogP contribution in [0, 0.1) is 0 Å². The van der Waals surface area contributed by atoms with Gasteiger partial charge in [0, 0.05) is 0 Å². The number of rotatable bonds is 1. The fraction of sp³-hybridized carbons (Fsp3) is 0.500. The molecule has 2 amide bonds. The van der Waals surface area contributed by atoms with Crippen molar-refractivity contribution in [2.75, 3.05) is 12.5 Å². The van der Waals surface area contributed by atoms with Gasteiger partial charge in [-0.05, 0) is 12.5 Å². The molecule has 0 aliphatic carbocycles. The molecular formula is C4H10CuN2O4S2.